The summed E-state index contributed by atoms with van der Waals surface area (Å²) in [5, 5.41) is 14.1. The van der Waals surface area contributed by atoms with E-state index in [1.54, 1.807) is 6.20 Å². The first-order chi connectivity index (χ1) is 11.6. The fourth-order valence-corrected chi connectivity index (χ4v) is 3.51. The molecule has 1 aliphatic rings. The fraction of sp³-hybridized carbons (Fsp3) is 0.333. The molecule has 0 radical (unpaired) electrons. The summed E-state index contributed by atoms with van der Waals surface area (Å²) in [5.41, 5.74) is 2.88. The van der Waals surface area contributed by atoms with E-state index in [4.69, 9.17) is 0 Å². The molecule has 1 unspecified atom stereocenters. The van der Waals surface area contributed by atoms with Crippen LogP contribution in [0.25, 0.3) is 5.65 Å². The predicted molar refractivity (Wildman–Crippen MR) is 91.9 cm³/mol. The van der Waals surface area contributed by atoms with Gasteiger partial charge in [0.1, 0.15) is 5.82 Å². The molecule has 9 heteroatoms. The van der Waals surface area contributed by atoms with Crippen LogP contribution < -0.4 is 10.6 Å². The van der Waals surface area contributed by atoms with Gasteiger partial charge in [-0.25, -0.2) is 9.78 Å². The number of anilines is 1. The molecule has 1 atom stereocenters. The Morgan fingerprint density at radius 2 is 2.33 bits per heavy atom. The minimum atomic E-state index is -0.242. The van der Waals surface area contributed by atoms with Crippen molar-refractivity contribution in [2.45, 2.75) is 25.3 Å². The first-order valence-corrected chi connectivity index (χ1v) is 8.47. The third kappa shape index (κ3) is 2.64. The summed E-state index contributed by atoms with van der Waals surface area (Å²) in [6.45, 7) is 0. The van der Waals surface area contributed by atoms with Crippen LogP contribution in [0, 0.1) is 0 Å². The van der Waals surface area contributed by atoms with Crippen molar-refractivity contribution in [3.05, 3.63) is 40.4 Å². The van der Waals surface area contributed by atoms with Crippen LogP contribution in [-0.2, 0) is 19.9 Å². The smallest absolute Gasteiger partial charge is 0.320 e. The molecule has 8 nitrogen and oxygen atoms in total. The highest BCUT2D eigenvalue weighted by molar-refractivity contribution is 9.10. The van der Waals surface area contributed by atoms with Gasteiger partial charge in [0.2, 0.25) is 0 Å². The van der Waals surface area contributed by atoms with Gasteiger partial charge in [-0.15, -0.1) is 5.10 Å². The van der Waals surface area contributed by atoms with Gasteiger partial charge in [0.25, 0.3) is 0 Å². The molecule has 1 aliphatic carbocycles. The second-order valence-electron chi connectivity index (χ2n) is 5.84. The van der Waals surface area contributed by atoms with Crippen LogP contribution in [0.5, 0.6) is 0 Å². The first-order valence-electron chi connectivity index (χ1n) is 7.68. The van der Waals surface area contributed by atoms with Crippen molar-refractivity contribution < 1.29 is 4.79 Å². The summed E-state index contributed by atoms with van der Waals surface area (Å²) in [5.74, 6) is 0.625. The number of amides is 2. The first kappa shape index (κ1) is 15.1. The molecule has 3 aromatic rings. The molecule has 24 heavy (non-hydrogen) atoms. The number of carbonyl (C=O) groups excluding carboxylic acids is 1. The summed E-state index contributed by atoms with van der Waals surface area (Å²) in [7, 11) is 1.90. The van der Waals surface area contributed by atoms with Gasteiger partial charge in [0.05, 0.1) is 22.1 Å². The Labute approximate surface area is 146 Å². The Kier molecular flexibility index (Phi) is 3.72. The molecule has 0 bridgehead atoms. The number of aryl methyl sites for hydroxylation is 1. The summed E-state index contributed by atoms with van der Waals surface area (Å²) < 4.78 is 4.51. The maximum atomic E-state index is 12.3. The number of hydrogen-bond acceptors (Lipinski definition) is 4. The Morgan fingerprint density at radius 1 is 1.46 bits per heavy atom. The Hall–Kier alpha value is -2.42. The number of hydrogen-bond donors (Lipinski definition) is 2. The van der Waals surface area contributed by atoms with E-state index >= 15 is 0 Å². The summed E-state index contributed by atoms with van der Waals surface area (Å²) >= 11 is 3.45. The van der Waals surface area contributed by atoms with Crippen LogP contribution in [0.2, 0.25) is 0 Å². The Bertz CT molecular complexity index is 916. The third-order valence-electron chi connectivity index (χ3n) is 4.26. The number of urea groups is 1. The van der Waals surface area contributed by atoms with Gasteiger partial charge in [0, 0.05) is 25.7 Å². The molecular formula is C15H16BrN7O. The van der Waals surface area contributed by atoms with Crippen molar-refractivity contribution in [1.82, 2.24) is 29.7 Å². The van der Waals surface area contributed by atoms with E-state index in [-0.39, 0.29) is 12.1 Å². The molecule has 0 saturated carbocycles. The van der Waals surface area contributed by atoms with Crippen molar-refractivity contribution in [3.8, 4) is 0 Å². The molecular weight excluding hydrogens is 374 g/mol. The number of nitrogens with one attached hydrogen (secondary N) is 2. The number of nitrogens with zero attached hydrogens (tertiary/aromatic N) is 5. The van der Waals surface area contributed by atoms with Crippen molar-refractivity contribution in [2.24, 2.45) is 7.05 Å². The molecule has 0 aliphatic heterocycles. The normalized spacial score (nSPS) is 16.8. The van der Waals surface area contributed by atoms with Gasteiger partial charge in [-0.05, 0) is 40.9 Å². The molecule has 0 fully saturated rings. The maximum Gasteiger partial charge on any atom is 0.320 e. The molecule has 0 saturated heterocycles. The lowest BCUT2D eigenvalue weighted by molar-refractivity contribution is 0.247. The second kappa shape index (κ2) is 5.90. The lowest BCUT2D eigenvalue weighted by Crippen LogP contribution is -2.41. The highest BCUT2D eigenvalue weighted by Crippen LogP contribution is 2.21. The molecule has 3 aromatic heterocycles. The SMILES string of the molecule is Cn1nnc2c1CCC(NC(=O)Nc1cnc3c(Br)cccn13)C2. The molecule has 0 aromatic carbocycles. The number of rotatable bonds is 2. The van der Waals surface area contributed by atoms with E-state index in [9.17, 15) is 4.79 Å². The van der Waals surface area contributed by atoms with E-state index in [0.717, 1.165) is 34.3 Å². The van der Waals surface area contributed by atoms with E-state index in [1.165, 1.54) is 0 Å². The average Bonchev–Trinajstić information content (AvgIpc) is 3.13. The van der Waals surface area contributed by atoms with Crippen LogP contribution in [0.1, 0.15) is 17.8 Å². The quantitative estimate of drug-likeness (QED) is 0.700. The zero-order valence-corrected chi connectivity index (χ0v) is 14.6. The number of imidazole rings is 1. The van der Waals surface area contributed by atoms with Crippen LogP contribution in [0.4, 0.5) is 10.6 Å². The van der Waals surface area contributed by atoms with Gasteiger partial charge in [0.15, 0.2) is 5.65 Å². The molecule has 2 N–H and O–H groups in total. The fourth-order valence-electron chi connectivity index (χ4n) is 3.06. The topological polar surface area (TPSA) is 89.1 Å². The van der Waals surface area contributed by atoms with Gasteiger partial charge < -0.3 is 5.32 Å². The molecule has 124 valence electrons. The summed E-state index contributed by atoms with van der Waals surface area (Å²) in [4.78, 5) is 16.6. The van der Waals surface area contributed by atoms with E-state index in [0.29, 0.717) is 12.2 Å². The molecule has 0 spiro atoms. The van der Waals surface area contributed by atoms with Gasteiger partial charge in [-0.3, -0.25) is 14.4 Å². The highest BCUT2D eigenvalue weighted by Gasteiger charge is 2.24. The third-order valence-corrected chi connectivity index (χ3v) is 4.88. The highest BCUT2D eigenvalue weighted by atomic mass is 79.9. The lowest BCUT2D eigenvalue weighted by atomic mass is 9.96. The van der Waals surface area contributed by atoms with Crippen LogP contribution in [-0.4, -0.2) is 36.5 Å². The van der Waals surface area contributed by atoms with E-state index < -0.39 is 0 Å². The van der Waals surface area contributed by atoms with Crippen molar-refractivity contribution in [2.75, 3.05) is 5.32 Å². The van der Waals surface area contributed by atoms with E-state index in [2.05, 4.69) is 41.9 Å². The van der Waals surface area contributed by atoms with Gasteiger partial charge >= 0.3 is 6.03 Å². The second-order valence-corrected chi connectivity index (χ2v) is 6.69. The lowest BCUT2D eigenvalue weighted by Gasteiger charge is -2.22. The predicted octanol–water partition coefficient (Wildman–Crippen LogP) is 1.90. The van der Waals surface area contributed by atoms with Crippen molar-refractivity contribution >= 4 is 33.4 Å². The summed E-state index contributed by atoms with van der Waals surface area (Å²) in [6.07, 6.45) is 5.94. The monoisotopic (exact) mass is 389 g/mol. The van der Waals surface area contributed by atoms with E-state index in [1.807, 2.05) is 34.5 Å². The number of fused-ring (bicyclic) bond motifs is 2. The number of aromatic nitrogens is 5. The Morgan fingerprint density at radius 3 is 3.21 bits per heavy atom. The molecule has 2 amide bonds. The average molecular weight is 390 g/mol. The zero-order valence-electron chi connectivity index (χ0n) is 13.0. The zero-order chi connectivity index (χ0) is 16.7. The maximum absolute atomic E-state index is 12.3. The van der Waals surface area contributed by atoms with Crippen molar-refractivity contribution in [1.29, 1.82) is 0 Å². The number of halogens is 1. The summed E-state index contributed by atoms with van der Waals surface area (Å²) in [6, 6.07) is 3.61. The molecule has 4 rings (SSSR count). The van der Waals surface area contributed by atoms with Gasteiger partial charge in [-0.2, -0.15) is 0 Å². The van der Waals surface area contributed by atoms with Crippen LogP contribution >= 0.6 is 15.9 Å². The van der Waals surface area contributed by atoms with Crippen LogP contribution in [0.15, 0.2) is 29.0 Å². The Balaban J connectivity index is 1.44. The van der Waals surface area contributed by atoms with Crippen molar-refractivity contribution in [3.63, 3.8) is 0 Å². The number of carbonyl (C=O) groups is 1. The standard InChI is InChI=1S/C15H16BrN7O/c1-22-12-5-4-9(7-11(12)20-21-22)18-15(24)19-13-8-17-14-10(16)3-2-6-23(13)14/h2-3,6,8-9H,4-5,7H2,1H3,(H2,18,19,24). The minimum Gasteiger partial charge on any atom is -0.335 e. The number of pyridine rings is 1. The van der Waals surface area contributed by atoms with Gasteiger partial charge in [-0.1, -0.05) is 5.21 Å². The largest absolute Gasteiger partial charge is 0.335 e. The molecule has 3 heterocycles. The minimum absolute atomic E-state index is 0.0557. The van der Waals surface area contributed by atoms with Crippen LogP contribution in [0.3, 0.4) is 0 Å².